The molecule has 4 rings (SSSR count). The average Bonchev–Trinajstić information content (AvgIpc) is 3.40. The van der Waals surface area contributed by atoms with Crippen LogP contribution in [-0.2, 0) is 9.53 Å². The summed E-state index contributed by atoms with van der Waals surface area (Å²) in [5.74, 6) is 1.60. The Morgan fingerprint density at radius 1 is 1.23 bits per heavy atom. The van der Waals surface area contributed by atoms with Gasteiger partial charge in [-0.3, -0.25) is 4.79 Å². The van der Waals surface area contributed by atoms with E-state index in [-0.39, 0.29) is 17.9 Å². The fourth-order valence-corrected chi connectivity index (χ4v) is 3.61. The van der Waals surface area contributed by atoms with E-state index in [1.807, 2.05) is 24.3 Å². The maximum Gasteiger partial charge on any atom is 0.224 e. The summed E-state index contributed by atoms with van der Waals surface area (Å²) in [6, 6.07) is 7.54. The summed E-state index contributed by atoms with van der Waals surface area (Å²) in [7, 11) is 0. The molecule has 7 heteroatoms. The van der Waals surface area contributed by atoms with Crippen LogP contribution in [0.1, 0.15) is 25.7 Å². The highest BCUT2D eigenvalue weighted by atomic mass is 16.5. The minimum atomic E-state index is -0.0169. The number of aromatic nitrogens is 2. The number of carbonyl (C=O) groups is 1. The quantitative estimate of drug-likeness (QED) is 0.885. The molecule has 2 unspecified atom stereocenters. The fourth-order valence-electron chi connectivity index (χ4n) is 3.61. The van der Waals surface area contributed by atoms with E-state index in [0.717, 1.165) is 44.7 Å². The predicted octanol–water partition coefficient (Wildman–Crippen LogP) is 2.25. The summed E-state index contributed by atoms with van der Waals surface area (Å²) in [5, 5.41) is 11.6. The van der Waals surface area contributed by atoms with Gasteiger partial charge in [0.1, 0.15) is 5.69 Å². The summed E-state index contributed by atoms with van der Waals surface area (Å²) >= 11 is 0. The Labute approximate surface area is 152 Å². The fraction of sp³-hybridized carbons (Fsp3) is 0.526. The molecule has 0 saturated carbocycles. The SMILES string of the molecule is O=C(NCC1CCCO1)C1CCCN(c2ccc(-c3ccco3)nn2)C1. The standard InChI is InChI=1S/C19H24N4O3/c24-19(20-12-15-5-2-10-25-15)14-4-1-9-23(13-14)18-8-7-16(21-22-18)17-6-3-11-26-17/h3,6-8,11,14-15H,1-2,4-5,9-10,12-13H2,(H,20,24). The van der Waals surface area contributed by atoms with E-state index < -0.39 is 0 Å². The number of ether oxygens (including phenoxy) is 1. The van der Waals surface area contributed by atoms with Crippen LogP contribution in [0.4, 0.5) is 5.82 Å². The number of hydrogen-bond acceptors (Lipinski definition) is 6. The van der Waals surface area contributed by atoms with E-state index in [9.17, 15) is 4.79 Å². The Kier molecular flexibility index (Phi) is 5.15. The van der Waals surface area contributed by atoms with Crippen LogP contribution in [0.3, 0.4) is 0 Å². The normalized spacial score (nSPS) is 23.2. The second-order valence-corrected chi connectivity index (χ2v) is 6.92. The Morgan fingerprint density at radius 3 is 2.92 bits per heavy atom. The van der Waals surface area contributed by atoms with Gasteiger partial charge in [0.05, 0.1) is 18.3 Å². The molecule has 0 spiro atoms. The average molecular weight is 356 g/mol. The number of nitrogens with one attached hydrogen (secondary N) is 1. The lowest BCUT2D eigenvalue weighted by Gasteiger charge is -2.32. The lowest BCUT2D eigenvalue weighted by molar-refractivity contribution is -0.125. The van der Waals surface area contributed by atoms with E-state index in [4.69, 9.17) is 9.15 Å². The van der Waals surface area contributed by atoms with Gasteiger partial charge in [0.2, 0.25) is 5.91 Å². The lowest BCUT2D eigenvalue weighted by Crippen LogP contribution is -2.45. The summed E-state index contributed by atoms with van der Waals surface area (Å²) in [6.07, 6.45) is 5.80. The largest absolute Gasteiger partial charge is 0.463 e. The van der Waals surface area contributed by atoms with Crippen LogP contribution in [0, 0.1) is 5.92 Å². The van der Waals surface area contributed by atoms with Gasteiger partial charge in [-0.2, -0.15) is 0 Å². The smallest absolute Gasteiger partial charge is 0.224 e. The number of rotatable bonds is 5. The zero-order valence-corrected chi connectivity index (χ0v) is 14.8. The molecule has 2 aromatic rings. The lowest BCUT2D eigenvalue weighted by atomic mass is 9.97. The second-order valence-electron chi connectivity index (χ2n) is 6.92. The number of nitrogens with zero attached hydrogens (tertiary/aromatic N) is 3. The Hall–Kier alpha value is -2.41. The van der Waals surface area contributed by atoms with Crippen LogP contribution in [0.15, 0.2) is 34.9 Å². The van der Waals surface area contributed by atoms with Crippen LogP contribution in [0.25, 0.3) is 11.5 Å². The van der Waals surface area contributed by atoms with Crippen molar-refractivity contribution >= 4 is 11.7 Å². The minimum Gasteiger partial charge on any atom is -0.463 e. The van der Waals surface area contributed by atoms with Crippen molar-refractivity contribution in [3.63, 3.8) is 0 Å². The van der Waals surface area contributed by atoms with Gasteiger partial charge in [0.15, 0.2) is 11.6 Å². The van der Waals surface area contributed by atoms with Crippen molar-refractivity contribution in [2.24, 2.45) is 5.92 Å². The molecule has 1 N–H and O–H groups in total. The van der Waals surface area contributed by atoms with E-state index in [0.29, 0.717) is 24.5 Å². The van der Waals surface area contributed by atoms with Gasteiger partial charge in [-0.1, -0.05) is 0 Å². The highest BCUT2D eigenvalue weighted by molar-refractivity contribution is 5.79. The third kappa shape index (κ3) is 3.88. The topological polar surface area (TPSA) is 80.5 Å². The van der Waals surface area contributed by atoms with Crippen molar-refractivity contribution in [1.29, 1.82) is 0 Å². The molecule has 4 heterocycles. The van der Waals surface area contributed by atoms with E-state index >= 15 is 0 Å². The Bertz CT molecular complexity index is 711. The molecule has 0 radical (unpaired) electrons. The molecule has 2 atom stereocenters. The second kappa shape index (κ2) is 7.86. The number of anilines is 1. The van der Waals surface area contributed by atoms with E-state index in [1.54, 1.807) is 6.26 Å². The van der Waals surface area contributed by atoms with Crippen LogP contribution in [0.2, 0.25) is 0 Å². The highest BCUT2D eigenvalue weighted by Gasteiger charge is 2.27. The predicted molar refractivity (Wildman–Crippen MR) is 96.7 cm³/mol. The monoisotopic (exact) mass is 356 g/mol. The number of furan rings is 1. The Balaban J connectivity index is 1.34. The van der Waals surface area contributed by atoms with E-state index in [1.165, 1.54) is 0 Å². The van der Waals surface area contributed by atoms with Crippen LogP contribution < -0.4 is 10.2 Å². The van der Waals surface area contributed by atoms with Gasteiger partial charge in [-0.25, -0.2) is 0 Å². The summed E-state index contributed by atoms with van der Waals surface area (Å²) in [5.41, 5.74) is 0.710. The molecule has 2 aliphatic rings. The van der Waals surface area contributed by atoms with Crippen molar-refractivity contribution in [1.82, 2.24) is 15.5 Å². The van der Waals surface area contributed by atoms with Gasteiger partial charge >= 0.3 is 0 Å². The zero-order valence-electron chi connectivity index (χ0n) is 14.8. The molecule has 26 heavy (non-hydrogen) atoms. The number of hydrogen-bond donors (Lipinski definition) is 1. The first-order chi connectivity index (χ1) is 12.8. The first kappa shape index (κ1) is 17.0. The molecule has 1 amide bonds. The molecule has 0 aliphatic carbocycles. The molecule has 2 saturated heterocycles. The number of piperidine rings is 1. The van der Waals surface area contributed by atoms with Gasteiger partial charge in [-0.05, 0) is 49.9 Å². The molecule has 0 bridgehead atoms. The summed E-state index contributed by atoms with van der Waals surface area (Å²) < 4.78 is 10.9. The first-order valence-electron chi connectivity index (χ1n) is 9.31. The van der Waals surface area contributed by atoms with E-state index in [2.05, 4.69) is 20.4 Å². The molecule has 2 aliphatic heterocycles. The third-order valence-electron chi connectivity index (χ3n) is 5.07. The molecule has 138 valence electrons. The zero-order chi connectivity index (χ0) is 17.8. The molecular weight excluding hydrogens is 332 g/mol. The van der Waals surface area contributed by atoms with Crippen molar-refractivity contribution in [2.75, 3.05) is 31.1 Å². The summed E-state index contributed by atoms with van der Waals surface area (Å²) in [6.45, 7) is 2.99. The molecular formula is C19H24N4O3. The molecule has 0 aromatic carbocycles. The summed E-state index contributed by atoms with van der Waals surface area (Å²) in [4.78, 5) is 14.6. The van der Waals surface area contributed by atoms with Gasteiger partial charge in [0.25, 0.3) is 0 Å². The third-order valence-corrected chi connectivity index (χ3v) is 5.07. The van der Waals surface area contributed by atoms with Crippen LogP contribution in [0.5, 0.6) is 0 Å². The van der Waals surface area contributed by atoms with Gasteiger partial charge in [0, 0.05) is 26.2 Å². The van der Waals surface area contributed by atoms with Gasteiger partial charge < -0.3 is 19.4 Å². The number of amides is 1. The molecule has 2 fully saturated rings. The first-order valence-corrected chi connectivity index (χ1v) is 9.31. The Morgan fingerprint density at radius 2 is 2.19 bits per heavy atom. The highest BCUT2D eigenvalue weighted by Crippen LogP contribution is 2.23. The molecule has 7 nitrogen and oxygen atoms in total. The number of carbonyl (C=O) groups excluding carboxylic acids is 1. The molecule has 2 aromatic heterocycles. The maximum absolute atomic E-state index is 12.5. The van der Waals surface area contributed by atoms with Crippen LogP contribution in [-0.4, -0.2) is 48.4 Å². The van der Waals surface area contributed by atoms with Crippen molar-refractivity contribution in [3.8, 4) is 11.5 Å². The van der Waals surface area contributed by atoms with Crippen molar-refractivity contribution < 1.29 is 13.9 Å². The van der Waals surface area contributed by atoms with Crippen molar-refractivity contribution in [2.45, 2.75) is 31.8 Å². The maximum atomic E-state index is 12.5. The van der Waals surface area contributed by atoms with Crippen LogP contribution >= 0.6 is 0 Å². The van der Waals surface area contributed by atoms with Crippen molar-refractivity contribution in [3.05, 3.63) is 30.5 Å². The van der Waals surface area contributed by atoms with Gasteiger partial charge in [-0.15, -0.1) is 10.2 Å². The minimum absolute atomic E-state index is 0.0169.